The number of aryl methyl sites for hydroxylation is 2. The Bertz CT molecular complexity index is 1460. The van der Waals surface area contributed by atoms with E-state index in [4.69, 9.17) is 18.9 Å². The Morgan fingerprint density at radius 2 is 0.677 bits per heavy atom. The minimum Gasteiger partial charge on any atom is -0.493 e. The van der Waals surface area contributed by atoms with Crippen molar-refractivity contribution in [1.29, 1.82) is 5.26 Å². The molecule has 62 heavy (non-hydrogen) atoms. The molecule has 0 unspecified atom stereocenters. The summed E-state index contributed by atoms with van der Waals surface area (Å²) in [7, 11) is 0. The van der Waals surface area contributed by atoms with E-state index in [0.29, 0.717) is 32.0 Å². The van der Waals surface area contributed by atoms with Gasteiger partial charge in [0.1, 0.15) is 23.0 Å². The smallest absolute Gasteiger partial charge is 0.128 e. The average molecular weight is 858 g/mol. The Morgan fingerprint density at radius 3 is 1.03 bits per heavy atom. The molecule has 2 aromatic carbocycles. The summed E-state index contributed by atoms with van der Waals surface area (Å²) >= 11 is 0. The summed E-state index contributed by atoms with van der Waals surface area (Å²) < 4.78 is 26.0. The van der Waals surface area contributed by atoms with Crippen LogP contribution in [0.25, 0.3) is 11.6 Å². The highest BCUT2D eigenvalue weighted by Gasteiger charge is 2.17. The lowest BCUT2D eigenvalue weighted by molar-refractivity contribution is 0.294. The Kier molecular flexibility index (Phi) is 34.0. The molecule has 0 aliphatic heterocycles. The molecule has 0 amide bonds. The Labute approximate surface area is 383 Å². The molecule has 5 nitrogen and oxygen atoms in total. The second-order valence-corrected chi connectivity index (χ2v) is 18.2. The van der Waals surface area contributed by atoms with Gasteiger partial charge in [-0.1, -0.05) is 207 Å². The van der Waals surface area contributed by atoms with Crippen molar-refractivity contribution in [2.45, 2.75) is 247 Å². The van der Waals surface area contributed by atoms with E-state index in [2.05, 4.69) is 65.8 Å². The Morgan fingerprint density at radius 1 is 0.387 bits per heavy atom. The van der Waals surface area contributed by atoms with Gasteiger partial charge in [-0.3, -0.25) is 0 Å². The lowest BCUT2D eigenvalue weighted by Gasteiger charge is -2.17. The first-order valence-electron chi connectivity index (χ1n) is 26.4. The lowest BCUT2D eigenvalue weighted by Crippen LogP contribution is -2.04. The van der Waals surface area contributed by atoms with Crippen LogP contribution in [0.5, 0.6) is 23.0 Å². The maximum absolute atomic E-state index is 10.9. The molecule has 0 aliphatic rings. The fraction of sp³-hybridized carbons (Fsp3) is 0.737. The molecule has 0 bridgehead atoms. The van der Waals surface area contributed by atoms with E-state index in [-0.39, 0.29) is 0 Å². The number of nitrogens with zero attached hydrogens (tertiary/aromatic N) is 1. The third kappa shape index (κ3) is 25.8. The number of rotatable bonds is 42. The van der Waals surface area contributed by atoms with Crippen LogP contribution in [-0.2, 0) is 0 Å². The highest BCUT2D eigenvalue weighted by molar-refractivity contribution is 5.93. The average Bonchev–Trinajstić information content (AvgIpc) is 3.27. The zero-order valence-electron chi connectivity index (χ0n) is 41.4. The SMILES string of the molecule is CCCCCCCCCCOc1cc(C=C(C#N)c2cc(OCCCCCCCCCC)c(C)cc2OCCCCCCCCCC)c(OCCCCCCCCCC)cc1C. The van der Waals surface area contributed by atoms with Gasteiger partial charge in [-0.25, -0.2) is 0 Å². The summed E-state index contributed by atoms with van der Waals surface area (Å²) in [5.41, 5.74) is 4.29. The van der Waals surface area contributed by atoms with Crippen LogP contribution in [0, 0.1) is 25.2 Å². The minimum atomic E-state index is 0.544. The van der Waals surface area contributed by atoms with E-state index in [1.54, 1.807) is 0 Å². The van der Waals surface area contributed by atoms with E-state index >= 15 is 0 Å². The quantitative estimate of drug-likeness (QED) is 0.0378. The third-order valence-electron chi connectivity index (χ3n) is 12.3. The normalized spacial score (nSPS) is 11.5. The first-order valence-corrected chi connectivity index (χ1v) is 26.4. The van der Waals surface area contributed by atoms with E-state index in [0.717, 1.165) is 77.4 Å². The van der Waals surface area contributed by atoms with Gasteiger partial charge in [0.05, 0.1) is 38.1 Å². The van der Waals surface area contributed by atoms with Gasteiger partial charge >= 0.3 is 0 Å². The molecule has 2 aromatic rings. The van der Waals surface area contributed by atoms with Crippen LogP contribution in [0.1, 0.15) is 255 Å². The van der Waals surface area contributed by atoms with Gasteiger partial charge in [-0.15, -0.1) is 0 Å². The fourth-order valence-electron chi connectivity index (χ4n) is 8.22. The van der Waals surface area contributed by atoms with Crippen molar-refractivity contribution in [2.24, 2.45) is 0 Å². The molecule has 0 fully saturated rings. The summed E-state index contributed by atoms with van der Waals surface area (Å²) in [4.78, 5) is 0. The summed E-state index contributed by atoms with van der Waals surface area (Å²) in [5.74, 6) is 3.24. The topological polar surface area (TPSA) is 60.7 Å². The van der Waals surface area contributed by atoms with Crippen molar-refractivity contribution < 1.29 is 18.9 Å². The van der Waals surface area contributed by atoms with Crippen LogP contribution in [0.4, 0.5) is 0 Å². The number of unbranched alkanes of at least 4 members (excludes halogenated alkanes) is 28. The van der Waals surface area contributed by atoms with Crippen molar-refractivity contribution in [2.75, 3.05) is 26.4 Å². The largest absolute Gasteiger partial charge is 0.493 e. The molecule has 0 N–H and O–H groups in total. The predicted octanol–water partition coefficient (Wildman–Crippen LogP) is 18.4. The second kappa shape index (κ2) is 38.3. The maximum Gasteiger partial charge on any atom is 0.128 e. The molecule has 0 heterocycles. The molecule has 0 saturated heterocycles. The van der Waals surface area contributed by atoms with Crippen LogP contribution in [0.2, 0.25) is 0 Å². The molecule has 0 saturated carbocycles. The summed E-state index contributed by atoms with van der Waals surface area (Å²) in [5, 5.41) is 10.9. The number of hydrogen-bond donors (Lipinski definition) is 0. The molecule has 2 rings (SSSR count). The van der Waals surface area contributed by atoms with E-state index in [1.165, 1.54) is 173 Å². The van der Waals surface area contributed by atoms with E-state index < -0.39 is 0 Å². The highest BCUT2D eigenvalue weighted by Crippen LogP contribution is 2.37. The van der Waals surface area contributed by atoms with Gasteiger partial charge in [0.2, 0.25) is 0 Å². The van der Waals surface area contributed by atoms with Gasteiger partial charge in [-0.05, 0) is 81.0 Å². The number of ether oxygens (including phenoxy) is 4. The monoisotopic (exact) mass is 858 g/mol. The van der Waals surface area contributed by atoms with Gasteiger partial charge in [0.25, 0.3) is 0 Å². The van der Waals surface area contributed by atoms with Gasteiger partial charge in [-0.2, -0.15) is 5.26 Å². The van der Waals surface area contributed by atoms with E-state index in [1.807, 2.05) is 12.1 Å². The van der Waals surface area contributed by atoms with Gasteiger partial charge in [0.15, 0.2) is 0 Å². The lowest BCUT2D eigenvalue weighted by atomic mass is 9.99. The zero-order valence-corrected chi connectivity index (χ0v) is 41.4. The number of nitriles is 1. The number of benzene rings is 2. The molecular weight excluding hydrogens is 763 g/mol. The van der Waals surface area contributed by atoms with Crippen LogP contribution in [0.3, 0.4) is 0 Å². The zero-order chi connectivity index (χ0) is 44.7. The van der Waals surface area contributed by atoms with Crippen molar-refractivity contribution in [1.82, 2.24) is 0 Å². The molecule has 0 atom stereocenters. The van der Waals surface area contributed by atoms with Crippen LogP contribution in [-0.4, -0.2) is 26.4 Å². The molecule has 0 spiro atoms. The summed E-state index contributed by atoms with van der Waals surface area (Å²) in [6.07, 6.45) is 42.2. The standard InChI is InChI=1S/C57H95NO4/c1-7-11-15-19-23-27-31-35-39-59-54-46-51(56(43-49(54)5)61-41-37-33-29-25-21-17-13-9-3)45-52(48-58)53-47-55(60-40-36-32-28-24-20-16-12-8-2)50(6)44-57(53)62-42-38-34-30-26-22-18-14-10-4/h43-47H,7-42H2,1-6H3. The predicted molar refractivity (Wildman–Crippen MR) is 268 cm³/mol. The molecule has 5 heteroatoms. The number of hydrogen-bond acceptors (Lipinski definition) is 5. The summed E-state index contributed by atoms with van der Waals surface area (Å²) in [6.45, 7) is 15.9. The first-order chi connectivity index (χ1) is 30.5. The molecule has 0 aliphatic carbocycles. The van der Waals surface area contributed by atoms with Crippen LogP contribution < -0.4 is 18.9 Å². The molecule has 352 valence electrons. The van der Waals surface area contributed by atoms with E-state index in [9.17, 15) is 5.26 Å². The maximum atomic E-state index is 10.9. The first kappa shape index (κ1) is 55.0. The van der Waals surface area contributed by atoms with Gasteiger partial charge < -0.3 is 18.9 Å². The second-order valence-electron chi connectivity index (χ2n) is 18.2. The summed E-state index contributed by atoms with van der Waals surface area (Å²) in [6, 6.07) is 10.9. The third-order valence-corrected chi connectivity index (χ3v) is 12.3. The van der Waals surface area contributed by atoms with Crippen molar-refractivity contribution in [3.63, 3.8) is 0 Å². The van der Waals surface area contributed by atoms with Crippen molar-refractivity contribution in [3.8, 4) is 29.1 Å². The van der Waals surface area contributed by atoms with Crippen LogP contribution in [0.15, 0.2) is 24.3 Å². The fourth-order valence-corrected chi connectivity index (χ4v) is 8.22. The Hall–Kier alpha value is -3.13. The highest BCUT2D eigenvalue weighted by atomic mass is 16.5. The minimum absolute atomic E-state index is 0.544. The molecule has 0 radical (unpaired) electrons. The Balaban J connectivity index is 2.32. The number of allylic oxidation sites excluding steroid dienone is 1. The van der Waals surface area contributed by atoms with Crippen molar-refractivity contribution >= 4 is 11.6 Å². The van der Waals surface area contributed by atoms with Crippen LogP contribution >= 0.6 is 0 Å². The molecule has 0 aromatic heterocycles. The van der Waals surface area contributed by atoms with Gasteiger partial charge in [0, 0.05) is 11.1 Å². The molecular formula is C57H95NO4. The van der Waals surface area contributed by atoms with Crippen molar-refractivity contribution in [3.05, 3.63) is 46.5 Å².